The Morgan fingerprint density at radius 2 is 1.96 bits per heavy atom. The van der Waals surface area contributed by atoms with E-state index >= 15 is 0 Å². The van der Waals surface area contributed by atoms with Crippen molar-refractivity contribution in [3.8, 4) is 0 Å². The summed E-state index contributed by atoms with van der Waals surface area (Å²) in [5, 5.41) is 4.70. The highest BCUT2D eigenvalue weighted by atomic mass is 16.1. The van der Waals surface area contributed by atoms with Gasteiger partial charge >= 0.3 is 0 Å². The molecule has 0 unspecified atom stereocenters. The molecule has 1 heterocycles. The summed E-state index contributed by atoms with van der Waals surface area (Å²) in [4.78, 5) is 17.2. The highest BCUT2D eigenvalue weighted by Gasteiger charge is 2.23. The molecule has 2 aromatic rings. The minimum Gasteiger partial charge on any atom is -0.381 e. The number of pyridine rings is 1. The van der Waals surface area contributed by atoms with E-state index in [0.717, 1.165) is 42.3 Å². The molecule has 0 saturated heterocycles. The van der Waals surface area contributed by atoms with Crippen LogP contribution >= 0.6 is 0 Å². The molecule has 24 heavy (non-hydrogen) atoms. The van der Waals surface area contributed by atoms with Crippen LogP contribution in [0.25, 0.3) is 10.9 Å². The summed E-state index contributed by atoms with van der Waals surface area (Å²) in [5.41, 5.74) is 9.78. The average Bonchev–Trinajstić information content (AvgIpc) is 2.56. The second-order valence-corrected chi connectivity index (χ2v) is 7.34. The molecule has 3 N–H and O–H groups in total. The lowest BCUT2D eigenvalue weighted by atomic mass is 9.90. The van der Waals surface area contributed by atoms with E-state index in [-0.39, 0.29) is 11.7 Å². The van der Waals surface area contributed by atoms with Gasteiger partial charge in [0.05, 0.1) is 16.8 Å². The minimum atomic E-state index is -0.0469. The van der Waals surface area contributed by atoms with E-state index in [9.17, 15) is 4.79 Å². The Bertz CT molecular complexity index is 746. The van der Waals surface area contributed by atoms with Crippen molar-refractivity contribution in [2.75, 3.05) is 5.32 Å². The van der Waals surface area contributed by atoms with Gasteiger partial charge in [0.15, 0.2) is 5.78 Å². The fourth-order valence-electron chi connectivity index (χ4n) is 3.43. The molecule has 0 aliphatic heterocycles. The summed E-state index contributed by atoms with van der Waals surface area (Å²) in [7, 11) is 0. The van der Waals surface area contributed by atoms with Crippen LogP contribution in [0.5, 0.6) is 0 Å². The van der Waals surface area contributed by atoms with Gasteiger partial charge in [-0.3, -0.25) is 9.78 Å². The van der Waals surface area contributed by atoms with E-state index in [0.29, 0.717) is 17.6 Å². The van der Waals surface area contributed by atoms with Gasteiger partial charge in [0.1, 0.15) is 0 Å². The van der Waals surface area contributed by atoms with Gasteiger partial charge in [0, 0.05) is 29.6 Å². The van der Waals surface area contributed by atoms with Crippen molar-refractivity contribution in [2.45, 2.75) is 58.5 Å². The number of anilines is 1. The largest absolute Gasteiger partial charge is 0.381 e. The van der Waals surface area contributed by atoms with Crippen LogP contribution in [0.3, 0.4) is 0 Å². The van der Waals surface area contributed by atoms with Gasteiger partial charge in [0.25, 0.3) is 0 Å². The lowest BCUT2D eigenvalue weighted by Crippen LogP contribution is -2.33. The molecule has 1 fully saturated rings. The van der Waals surface area contributed by atoms with Crippen LogP contribution in [-0.2, 0) is 0 Å². The van der Waals surface area contributed by atoms with Gasteiger partial charge in [0.2, 0.25) is 0 Å². The van der Waals surface area contributed by atoms with Crippen LogP contribution in [0.15, 0.2) is 24.4 Å². The normalized spacial score (nSPS) is 21.2. The highest BCUT2D eigenvalue weighted by molar-refractivity contribution is 6.08. The lowest BCUT2D eigenvalue weighted by Gasteiger charge is -2.29. The van der Waals surface area contributed by atoms with Gasteiger partial charge in [-0.05, 0) is 44.7 Å². The van der Waals surface area contributed by atoms with Gasteiger partial charge in [-0.2, -0.15) is 0 Å². The second kappa shape index (κ2) is 6.89. The Morgan fingerprint density at radius 3 is 2.62 bits per heavy atom. The molecule has 1 aromatic carbocycles. The molecule has 128 valence electrons. The summed E-state index contributed by atoms with van der Waals surface area (Å²) < 4.78 is 0. The highest BCUT2D eigenvalue weighted by Crippen LogP contribution is 2.31. The summed E-state index contributed by atoms with van der Waals surface area (Å²) >= 11 is 0. The Kier molecular flexibility index (Phi) is 4.86. The molecule has 1 aliphatic carbocycles. The smallest absolute Gasteiger partial charge is 0.169 e. The Hall–Kier alpha value is -1.94. The SMILES string of the molecule is Cc1ccc2ncc(C(=O)C(C)C)c(NC3CCC(N)CC3)c2c1. The van der Waals surface area contributed by atoms with Crippen LogP contribution in [0.4, 0.5) is 5.69 Å². The maximum atomic E-state index is 12.7. The van der Waals surface area contributed by atoms with Gasteiger partial charge in [-0.25, -0.2) is 0 Å². The lowest BCUT2D eigenvalue weighted by molar-refractivity contribution is 0.0940. The summed E-state index contributed by atoms with van der Waals surface area (Å²) in [5.74, 6) is 0.0929. The zero-order chi connectivity index (χ0) is 17.3. The number of nitrogens with zero attached hydrogens (tertiary/aromatic N) is 1. The number of Topliss-reactive ketones (excluding diaryl/α,β-unsaturated/α-hetero) is 1. The number of benzene rings is 1. The van der Waals surface area contributed by atoms with Crippen LogP contribution in [0.1, 0.15) is 55.5 Å². The Labute approximate surface area is 143 Å². The number of aryl methyl sites for hydroxylation is 1. The molecular weight excluding hydrogens is 298 g/mol. The quantitative estimate of drug-likeness (QED) is 0.832. The number of rotatable bonds is 4. The van der Waals surface area contributed by atoms with Crippen LogP contribution in [0, 0.1) is 12.8 Å². The van der Waals surface area contributed by atoms with E-state index in [1.807, 2.05) is 19.9 Å². The van der Waals surface area contributed by atoms with Crippen molar-refractivity contribution in [3.63, 3.8) is 0 Å². The molecule has 0 radical (unpaired) electrons. The first-order valence-electron chi connectivity index (χ1n) is 8.91. The Morgan fingerprint density at radius 1 is 1.25 bits per heavy atom. The number of ketones is 1. The molecule has 0 atom stereocenters. The van der Waals surface area contributed by atoms with Crippen molar-refractivity contribution in [2.24, 2.45) is 11.7 Å². The fraction of sp³-hybridized carbons (Fsp3) is 0.500. The predicted molar refractivity (Wildman–Crippen MR) is 99.5 cm³/mol. The number of nitrogens with one attached hydrogen (secondary N) is 1. The van der Waals surface area contributed by atoms with E-state index in [1.165, 1.54) is 5.56 Å². The summed E-state index contributed by atoms with van der Waals surface area (Å²) in [6.45, 7) is 5.94. The standard InChI is InChI=1S/C20H27N3O/c1-12(2)20(24)17-11-22-18-9-4-13(3)10-16(18)19(17)23-15-7-5-14(21)6-8-15/h4,9-12,14-15H,5-8,21H2,1-3H3,(H,22,23). The van der Waals surface area contributed by atoms with Crippen molar-refractivity contribution in [1.82, 2.24) is 4.98 Å². The van der Waals surface area contributed by atoms with Crippen LogP contribution in [-0.4, -0.2) is 22.9 Å². The molecule has 3 rings (SSSR count). The van der Waals surface area contributed by atoms with Crippen molar-refractivity contribution in [3.05, 3.63) is 35.5 Å². The van der Waals surface area contributed by atoms with E-state index < -0.39 is 0 Å². The number of hydrogen-bond donors (Lipinski definition) is 2. The van der Waals surface area contributed by atoms with Crippen molar-refractivity contribution >= 4 is 22.4 Å². The van der Waals surface area contributed by atoms with Crippen LogP contribution < -0.4 is 11.1 Å². The number of carbonyl (C=O) groups excluding carboxylic acids is 1. The van der Waals surface area contributed by atoms with Crippen molar-refractivity contribution in [1.29, 1.82) is 0 Å². The minimum absolute atomic E-state index is 0.0469. The zero-order valence-corrected chi connectivity index (χ0v) is 14.8. The number of fused-ring (bicyclic) bond motifs is 1. The van der Waals surface area contributed by atoms with E-state index in [2.05, 4.69) is 29.4 Å². The van der Waals surface area contributed by atoms with Crippen molar-refractivity contribution < 1.29 is 4.79 Å². The average molecular weight is 325 g/mol. The first-order chi connectivity index (χ1) is 11.5. The topological polar surface area (TPSA) is 68.0 Å². The third-order valence-electron chi connectivity index (χ3n) is 4.93. The monoisotopic (exact) mass is 325 g/mol. The first-order valence-corrected chi connectivity index (χ1v) is 8.91. The van der Waals surface area contributed by atoms with E-state index in [1.54, 1.807) is 6.20 Å². The molecule has 4 nitrogen and oxygen atoms in total. The maximum absolute atomic E-state index is 12.7. The molecule has 0 amide bonds. The summed E-state index contributed by atoms with van der Waals surface area (Å²) in [6.07, 6.45) is 5.90. The molecule has 1 aromatic heterocycles. The number of carbonyl (C=O) groups is 1. The van der Waals surface area contributed by atoms with Gasteiger partial charge < -0.3 is 11.1 Å². The molecule has 0 spiro atoms. The molecule has 1 saturated carbocycles. The number of nitrogens with two attached hydrogens (primary N) is 1. The summed E-state index contributed by atoms with van der Waals surface area (Å²) in [6, 6.07) is 6.89. The van der Waals surface area contributed by atoms with Gasteiger partial charge in [-0.1, -0.05) is 25.5 Å². The fourth-order valence-corrected chi connectivity index (χ4v) is 3.43. The predicted octanol–water partition coefficient (Wildman–Crippen LogP) is 4.06. The number of aromatic nitrogens is 1. The third kappa shape index (κ3) is 3.44. The van der Waals surface area contributed by atoms with E-state index in [4.69, 9.17) is 5.73 Å². The molecular formula is C20H27N3O. The molecule has 4 heteroatoms. The zero-order valence-electron chi connectivity index (χ0n) is 14.8. The third-order valence-corrected chi connectivity index (χ3v) is 4.93. The molecule has 1 aliphatic rings. The maximum Gasteiger partial charge on any atom is 0.169 e. The number of hydrogen-bond acceptors (Lipinski definition) is 4. The first kappa shape index (κ1) is 16.9. The molecule has 0 bridgehead atoms. The van der Waals surface area contributed by atoms with Gasteiger partial charge in [-0.15, -0.1) is 0 Å². The Balaban J connectivity index is 2.05. The second-order valence-electron chi connectivity index (χ2n) is 7.34. The van der Waals surface area contributed by atoms with Crippen LogP contribution in [0.2, 0.25) is 0 Å².